The number of halogens is 1. The number of carboxylic acid groups (broad SMARTS) is 1. The minimum atomic E-state index is -0.862. The Morgan fingerprint density at radius 1 is 1.71 bits per heavy atom. The van der Waals surface area contributed by atoms with E-state index < -0.39 is 11.5 Å². The first-order valence-electron chi connectivity index (χ1n) is 4.25. The number of hydrogen-bond acceptors (Lipinski definition) is 4. The fourth-order valence-corrected chi connectivity index (χ4v) is 1.20. The maximum atomic E-state index is 10.3. The molecule has 2 atom stereocenters. The maximum Gasteiger partial charge on any atom is 0.306 e. The van der Waals surface area contributed by atoms with Crippen molar-refractivity contribution in [3.05, 3.63) is 0 Å². The third kappa shape index (κ3) is 3.79. The zero-order valence-electron chi connectivity index (χ0n) is 8.02. The van der Waals surface area contributed by atoms with Crippen LogP contribution in [-0.4, -0.2) is 47.6 Å². The van der Waals surface area contributed by atoms with E-state index in [1.165, 1.54) is 0 Å². The maximum absolute atomic E-state index is 10.3. The predicted octanol–water partition coefficient (Wildman–Crippen LogP) is -0.378. The highest BCUT2D eigenvalue weighted by Gasteiger charge is 2.31. The first-order valence-corrected chi connectivity index (χ1v) is 4.25. The average Bonchev–Trinajstić information content (AvgIpc) is 2.09. The van der Waals surface area contributed by atoms with Crippen molar-refractivity contribution < 1.29 is 19.7 Å². The molecule has 0 bridgehead atoms. The number of nitrogens with one attached hydrogen (secondary N) is 1. The van der Waals surface area contributed by atoms with Crippen molar-refractivity contribution in [3.8, 4) is 0 Å². The molecule has 0 aromatic rings. The molecule has 1 heterocycles. The number of aliphatic carboxylic acids is 1. The molecule has 6 heteroatoms. The highest BCUT2D eigenvalue weighted by molar-refractivity contribution is 5.85. The first kappa shape index (κ1) is 13.6. The molecule has 2 unspecified atom stereocenters. The molecule has 0 aliphatic carbocycles. The summed E-state index contributed by atoms with van der Waals surface area (Å²) in [6, 6.07) is 0. The van der Waals surface area contributed by atoms with Crippen LogP contribution in [-0.2, 0) is 9.53 Å². The topological polar surface area (TPSA) is 78.8 Å². The van der Waals surface area contributed by atoms with E-state index in [2.05, 4.69) is 5.32 Å². The summed E-state index contributed by atoms with van der Waals surface area (Å²) in [4.78, 5) is 10.3. The van der Waals surface area contributed by atoms with E-state index in [1.54, 1.807) is 0 Å². The largest absolute Gasteiger partial charge is 0.481 e. The summed E-state index contributed by atoms with van der Waals surface area (Å²) in [5.74, 6) is -0.862. The molecule has 0 amide bonds. The summed E-state index contributed by atoms with van der Waals surface area (Å²) < 4.78 is 5.29. The third-order valence-electron chi connectivity index (χ3n) is 2.15. The normalized spacial score (nSPS) is 32.0. The highest BCUT2D eigenvalue weighted by Crippen LogP contribution is 2.13. The molecule has 1 aliphatic heterocycles. The van der Waals surface area contributed by atoms with Gasteiger partial charge in [0, 0.05) is 6.54 Å². The fraction of sp³-hybridized carbons (Fsp3) is 0.875. The van der Waals surface area contributed by atoms with Crippen LogP contribution in [0.3, 0.4) is 0 Å². The second-order valence-corrected chi connectivity index (χ2v) is 3.63. The van der Waals surface area contributed by atoms with Crippen LogP contribution < -0.4 is 5.32 Å². The van der Waals surface area contributed by atoms with Gasteiger partial charge in [-0.05, 0) is 6.92 Å². The van der Waals surface area contributed by atoms with E-state index in [-0.39, 0.29) is 31.5 Å². The molecule has 0 radical (unpaired) electrons. The summed E-state index contributed by atoms with van der Waals surface area (Å²) >= 11 is 0. The molecule has 14 heavy (non-hydrogen) atoms. The van der Waals surface area contributed by atoms with Gasteiger partial charge in [0.05, 0.1) is 31.3 Å². The lowest BCUT2D eigenvalue weighted by atomic mass is 10.0. The van der Waals surface area contributed by atoms with Crippen LogP contribution in [0.5, 0.6) is 0 Å². The lowest BCUT2D eigenvalue weighted by Crippen LogP contribution is -2.57. The van der Waals surface area contributed by atoms with Gasteiger partial charge in [0.2, 0.25) is 0 Å². The molecule has 1 fully saturated rings. The van der Waals surface area contributed by atoms with Crippen LogP contribution in [0.25, 0.3) is 0 Å². The van der Waals surface area contributed by atoms with E-state index in [4.69, 9.17) is 14.9 Å². The standard InChI is InChI=1S/C8H15NO4.ClH/c1-8(4-10)5-13-6(3-9-8)2-7(11)12;/h6,9-10H,2-5H2,1H3,(H,11,12);1H. The summed E-state index contributed by atoms with van der Waals surface area (Å²) in [5.41, 5.74) is -0.422. The van der Waals surface area contributed by atoms with Crippen molar-refractivity contribution in [1.29, 1.82) is 0 Å². The number of hydrogen-bond donors (Lipinski definition) is 3. The van der Waals surface area contributed by atoms with Crippen molar-refractivity contribution in [2.24, 2.45) is 0 Å². The number of morpholine rings is 1. The van der Waals surface area contributed by atoms with Gasteiger partial charge in [0.15, 0.2) is 0 Å². The molecule has 0 spiro atoms. The molecule has 0 saturated carbocycles. The SMILES string of the molecule is CC1(CO)COC(CC(=O)O)CN1.Cl. The lowest BCUT2D eigenvalue weighted by Gasteiger charge is -2.36. The molecular weight excluding hydrogens is 210 g/mol. The van der Waals surface area contributed by atoms with Gasteiger partial charge >= 0.3 is 5.97 Å². The van der Waals surface area contributed by atoms with Crippen LogP contribution in [0.1, 0.15) is 13.3 Å². The Morgan fingerprint density at radius 3 is 2.71 bits per heavy atom. The Bertz CT molecular complexity index is 192. The van der Waals surface area contributed by atoms with Crippen LogP contribution in [0.4, 0.5) is 0 Å². The quantitative estimate of drug-likeness (QED) is 0.611. The Hall–Kier alpha value is -0.360. The molecule has 1 rings (SSSR count). The van der Waals surface area contributed by atoms with Gasteiger partial charge in [0.25, 0.3) is 0 Å². The monoisotopic (exact) mass is 225 g/mol. The number of carboxylic acids is 1. The van der Waals surface area contributed by atoms with Gasteiger partial charge in [-0.1, -0.05) is 0 Å². The van der Waals surface area contributed by atoms with Crippen molar-refractivity contribution in [3.63, 3.8) is 0 Å². The van der Waals surface area contributed by atoms with Gasteiger partial charge in [-0.3, -0.25) is 4.79 Å². The number of carbonyl (C=O) groups is 1. The number of aliphatic hydroxyl groups excluding tert-OH is 1. The summed E-state index contributed by atoms with van der Waals surface area (Å²) in [5, 5.41) is 20.5. The Morgan fingerprint density at radius 2 is 2.36 bits per heavy atom. The molecule has 84 valence electrons. The second kappa shape index (κ2) is 5.50. The van der Waals surface area contributed by atoms with E-state index in [1.807, 2.05) is 6.92 Å². The van der Waals surface area contributed by atoms with Crippen molar-refractivity contribution in [2.45, 2.75) is 25.0 Å². The minimum Gasteiger partial charge on any atom is -0.481 e. The first-order chi connectivity index (χ1) is 6.06. The molecule has 1 aliphatic rings. The van der Waals surface area contributed by atoms with Crippen molar-refractivity contribution in [1.82, 2.24) is 5.32 Å². The highest BCUT2D eigenvalue weighted by atomic mass is 35.5. The van der Waals surface area contributed by atoms with Crippen molar-refractivity contribution >= 4 is 18.4 Å². The molecule has 0 aromatic carbocycles. The molecule has 5 nitrogen and oxygen atoms in total. The molecule has 1 saturated heterocycles. The summed E-state index contributed by atoms with van der Waals surface area (Å²) in [6.45, 7) is 2.65. The van der Waals surface area contributed by atoms with Gasteiger partial charge in [0.1, 0.15) is 0 Å². The Kier molecular flexibility index (Phi) is 5.36. The molecule has 0 aromatic heterocycles. The predicted molar refractivity (Wildman–Crippen MR) is 52.7 cm³/mol. The van der Waals surface area contributed by atoms with E-state index >= 15 is 0 Å². The van der Waals surface area contributed by atoms with Gasteiger partial charge in [-0.15, -0.1) is 12.4 Å². The van der Waals surface area contributed by atoms with E-state index in [0.29, 0.717) is 13.2 Å². The number of ether oxygens (including phenoxy) is 1. The number of rotatable bonds is 3. The van der Waals surface area contributed by atoms with E-state index in [0.717, 1.165) is 0 Å². The lowest BCUT2D eigenvalue weighted by molar-refractivity contribution is -0.142. The van der Waals surface area contributed by atoms with Gasteiger partial charge in [-0.25, -0.2) is 0 Å². The fourth-order valence-electron chi connectivity index (χ4n) is 1.20. The van der Waals surface area contributed by atoms with Gasteiger partial charge in [-0.2, -0.15) is 0 Å². The Balaban J connectivity index is 0.00000169. The van der Waals surface area contributed by atoms with Crippen LogP contribution in [0.2, 0.25) is 0 Å². The second-order valence-electron chi connectivity index (χ2n) is 3.63. The summed E-state index contributed by atoms with van der Waals surface area (Å²) in [7, 11) is 0. The average molecular weight is 226 g/mol. The smallest absolute Gasteiger partial charge is 0.306 e. The third-order valence-corrected chi connectivity index (χ3v) is 2.15. The van der Waals surface area contributed by atoms with Crippen LogP contribution in [0, 0.1) is 0 Å². The van der Waals surface area contributed by atoms with Crippen molar-refractivity contribution in [2.75, 3.05) is 19.8 Å². The Labute approximate surface area is 88.9 Å². The molecule has 3 N–H and O–H groups in total. The zero-order valence-corrected chi connectivity index (χ0v) is 8.84. The molecular formula is C8H16ClNO4. The van der Waals surface area contributed by atoms with Crippen LogP contribution in [0.15, 0.2) is 0 Å². The number of aliphatic hydroxyl groups is 1. The van der Waals surface area contributed by atoms with Crippen LogP contribution >= 0.6 is 12.4 Å². The van der Waals surface area contributed by atoms with E-state index in [9.17, 15) is 4.79 Å². The minimum absolute atomic E-state index is 0. The zero-order chi connectivity index (χ0) is 9.90. The summed E-state index contributed by atoms with van der Waals surface area (Å²) in [6.07, 6.45) is -0.272. The van der Waals surface area contributed by atoms with Gasteiger partial charge < -0.3 is 20.3 Å².